The molecule has 4 aliphatic rings. The van der Waals surface area contributed by atoms with Gasteiger partial charge < -0.3 is 0 Å². The third kappa shape index (κ3) is 4.99. The number of ketones is 1. The van der Waals surface area contributed by atoms with Gasteiger partial charge in [-0.2, -0.15) is 0 Å². The number of benzene rings is 1. The van der Waals surface area contributed by atoms with Gasteiger partial charge in [0.25, 0.3) is 0 Å². The highest BCUT2D eigenvalue weighted by molar-refractivity contribution is 7.99. The number of rotatable bonds is 8. The van der Waals surface area contributed by atoms with Gasteiger partial charge in [-0.1, -0.05) is 91.5 Å². The molecule has 0 heterocycles. The van der Waals surface area contributed by atoms with E-state index in [0.717, 1.165) is 60.5 Å². The second-order valence-corrected chi connectivity index (χ2v) is 16.4. The van der Waals surface area contributed by atoms with Crippen molar-refractivity contribution in [2.75, 3.05) is 5.75 Å². The molecule has 2 heteroatoms. The van der Waals surface area contributed by atoms with Gasteiger partial charge in [-0.05, 0) is 102 Å². The minimum absolute atomic E-state index is 0.211. The lowest BCUT2D eigenvalue weighted by Crippen LogP contribution is -2.57. The van der Waals surface area contributed by atoms with Gasteiger partial charge in [0.1, 0.15) is 0 Å². The fourth-order valence-corrected chi connectivity index (χ4v) is 11.3. The Hall–Kier alpha value is -1.02. The molecule has 1 aromatic carbocycles. The van der Waals surface area contributed by atoms with Crippen LogP contribution in [0.3, 0.4) is 0 Å². The molecule has 0 aliphatic heterocycles. The zero-order chi connectivity index (χ0) is 27.3. The first-order valence-corrected chi connectivity index (χ1v) is 16.9. The number of Topliss-reactive ketones (excluding diaryl/α,β-unsaturated/α-hetero) is 1. The maximum absolute atomic E-state index is 13.4. The summed E-state index contributed by atoms with van der Waals surface area (Å²) in [5.74, 6) is 6.24. The van der Waals surface area contributed by atoms with E-state index >= 15 is 0 Å². The Morgan fingerprint density at radius 1 is 0.921 bits per heavy atom. The molecular formula is C36H54OS. The van der Waals surface area contributed by atoms with Gasteiger partial charge in [-0.25, -0.2) is 0 Å². The Balaban J connectivity index is 1.41. The van der Waals surface area contributed by atoms with Crippen molar-refractivity contribution in [1.29, 1.82) is 0 Å². The fraction of sp³-hybridized carbons (Fsp3) is 0.750. The molecule has 0 aromatic heterocycles. The second-order valence-electron chi connectivity index (χ2n) is 15.3. The zero-order valence-electron chi connectivity index (χ0n) is 25.4. The van der Waals surface area contributed by atoms with Crippen molar-refractivity contribution >= 4 is 17.5 Å². The average Bonchev–Trinajstić information content (AvgIpc) is 3.22. The summed E-state index contributed by atoms with van der Waals surface area (Å²) in [7, 11) is 0. The lowest BCUT2D eigenvalue weighted by molar-refractivity contribution is -0.126. The summed E-state index contributed by atoms with van der Waals surface area (Å²) in [4.78, 5) is 14.7. The maximum Gasteiger partial charge on any atom is 0.159 e. The summed E-state index contributed by atoms with van der Waals surface area (Å²) < 4.78 is 0. The summed E-state index contributed by atoms with van der Waals surface area (Å²) >= 11 is 1.86. The number of thioether (sulfide) groups is 1. The lowest BCUT2D eigenvalue weighted by atomic mass is 9.41. The van der Waals surface area contributed by atoms with Crippen LogP contribution in [0.2, 0.25) is 0 Å². The van der Waals surface area contributed by atoms with Crippen LogP contribution in [0.15, 0.2) is 46.4 Å². The van der Waals surface area contributed by atoms with Crippen molar-refractivity contribution in [2.45, 2.75) is 118 Å². The van der Waals surface area contributed by atoms with Gasteiger partial charge >= 0.3 is 0 Å². The average molecular weight is 535 g/mol. The third-order valence-electron chi connectivity index (χ3n) is 12.2. The van der Waals surface area contributed by atoms with E-state index in [0.29, 0.717) is 11.2 Å². The van der Waals surface area contributed by atoms with Gasteiger partial charge in [-0.15, -0.1) is 11.8 Å². The second kappa shape index (κ2) is 10.8. The SMILES string of the molecule is CC(C)CCC[C@@H](C)[C@H]1CC[C@H]2[C@H]3[C@H](CC[C@]12C)[C@@]1(C)CCC(=O)C(CSc2ccccc2)=C1CC3(C)C. The topological polar surface area (TPSA) is 17.1 Å². The molecule has 0 N–H and O–H groups in total. The Morgan fingerprint density at radius 2 is 1.66 bits per heavy atom. The molecule has 0 radical (unpaired) electrons. The summed E-state index contributed by atoms with van der Waals surface area (Å²) in [5.41, 5.74) is 3.73. The van der Waals surface area contributed by atoms with Gasteiger partial charge in [-0.3, -0.25) is 4.79 Å². The summed E-state index contributed by atoms with van der Waals surface area (Å²) in [6.07, 6.45) is 12.8. The van der Waals surface area contributed by atoms with E-state index < -0.39 is 0 Å². The third-order valence-corrected chi connectivity index (χ3v) is 13.3. The molecule has 0 unspecified atom stereocenters. The van der Waals surface area contributed by atoms with Crippen molar-refractivity contribution in [3.63, 3.8) is 0 Å². The van der Waals surface area contributed by atoms with Crippen molar-refractivity contribution in [2.24, 2.45) is 51.8 Å². The van der Waals surface area contributed by atoms with E-state index in [2.05, 4.69) is 78.8 Å². The smallest absolute Gasteiger partial charge is 0.159 e. The molecule has 0 spiro atoms. The van der Waals surface area contributed by atoms with Crippen molar-refractivity contribution in [1.82, 2.24) is 0 Å². The largest absolute Gasteiger partial charge is 0.295 e. The molecule has 0 amide bonds. The van der Waals surface area contributed by atoms with E-state index in [9.17, 15) is 4.79 Å². The first-order chi connectivity index (χ1) is 18.0. The minimum Gasteiger partial charge on any atom is -0.295 e. The van der Waals surface area contributed by atoms with Gasteiger partial charge in [0.15, 0.2) is 5.78 Å². The lowest BCUT2D eigenvalue weighted by Gasteiger charge is -2.64. The summed E-state index contributed by atoms with van der Waals surface area (Å²) in [6, 6.07) is 10.7. The number of allylic oxidation sites excluding steroid dienone is 1. The van der Waals surface area contributed by atoms with Crippen LogP contribution in [-0.4, -0.2) is 11.5 Å². The highest BCUT2D eigenvalue weighted by Crippen LogP contribution is 2.71. The molecule has 3 fully saturated rings. The quantitative estimate of drug-likeness (QED) is 0.309. The molecule has 3 saturated carbocycles. The molecule has 5 rings (SSSR count). The van der Waals surface area contributed by atoms with Crippen LogP contribution in [0.4, 0.5) is 0 Å². The number of fused-ring (bicyclic) bond motifs is 5. The predicted octanol–water partition coefficient (Wildman–Crippen LogP) is 10.4. The van der Waals surface area contributed by atoms with Crippen molar-refractivity contribution in [3.8, 4) is 0 Å². The molecule has 1 nitrogen and oxygen atoms in total. The zero-order valence-corrected chi connectivity index (χ0v) is 26.3. The number of hydrogen-bond acceptors (Lipinski definition) is 2. The van der Waals surface area contributed by atoms with Crippen molar-refractivity contribution < 1.29 is 4.79 Å². The van der Waals surface area contributed by atoms with Gasteiger partial charge in [0.2, 0.25) is 0 Å². The fourth-order valence-electron chi connectivity index (χ4n) is 10.3. The van der Waals surface area contributed by atoms with Crippen molar-refractivity contribution in [3.05, 3.63) is 41.5 Å². The van der Waals surface area contributed by atoms with E-state index in [-0.39, 0.29) is 10.8 Å². The molecule has 1 aromatic rings. The molecule has 7 atom stereocenters. The monoisotopic (exact) mass is 534 g/mol. The number of carbonyl (C=O) groups excluding carboxylic acids is 1. The van der Waals surface area contributed by atoms with E-state index in [1.165, 1.54) is 55.4 Å². The van der Waals surface area contributed by atoms with Gasteiger partial charge in [0.05, 0.1) is 0 Å². The Bertz CT molecular complexity index is 1040. The Kier molecular flexibility index (Phi) is 8.07. The Labute approximate surface area is 238 Å². The normalized spacial score (nSPS) is 37.1. The highest BCUT2D eigenvalue weighted by Gasteiger charge is 2.64. The standard InChI is InChI=1S/C36H54OS/c1-24(2)12-11-13-25(3)28-16-17-29-33-30(18-20-35(28,29)6)36(7)21-19-32(37)27(31(36)22-34(33,4)5)23-38-26-14-9-8-10-15-26/h8-10,14-15,24-25,28-30,33H,11-13,16-23H2,1-7H3/t25-,28-,29+,30+,33+,35-,36-/m1/s1. The minimum atomic E-state index is 0.211. The van der Waals surface area contributed by atoms with Crippen LogP contribution in [-0.2, 0) is 4.79 Å². The predicted molar refractivity (Wildman–Crippen MR) is 163 cm³/mol. The molecule has 210 valence electrons. The van der Waals surface area contributed by atoms with E-state index in [1.54, 1.807) is 5.57 Å². The van der Waals surface area contributed by atoms with Crippen LogP contribution >= 0.6 is 11.8 Å². The molecule has 0 bridgehead atoms. The number of carbonyl (C=O) groups is 1. The first kappa shape index (κ1) is 28.5. The van der Waals surface area contributed by atoms with Crippen LogP contribution in [0, 0.1) is 51.8 Å². The summed E-state index contributed by atoms with van der Waals surface area (Å²) in [5, 5.41) is 0. The van der Waals surface area contributed by atoms with Gasteiger partial charge in [0, 0.05) is 22.6 Å². The summed E-state index contributed by atoms with van der Waals surface area (Å²) in [6.45, 7) is 17.8. The van der Waals surface area contributed by atoms with Crippen LogP contribution in [0.5, 0.6) is 0 Å². The van der Waals surface area contributed by atoms with Crippen LogP contribution in [0.25, 0.3) is 0 Å². The van der Waals surface area contributed by atoms with Crippen LogP contribution in [0.1, 0.15) is 113 Å². The molecular weight excluding hydrogens is 480 g/mol. The molecule has 4 aliphatic carbocycles. The number of hydrogen-bond donors (Lipinski definition) is 0. The highest BCUT2D eigenvalue weighted by atomic mass is 32.2. The van der Waals surface area contributed by atoms with Crippen LogP contribution < -0.4 is 0 Å². The first-order valence-electron chi connectivity index (χ1n) is 15.9. The maximum atomic E-state index is 13.4. The Morgan fingerprint density at radius 3 is 2.37 bits per heavy atom. The molecule has 0 saturated heterocycles. The molecule has 38 heavy (non-hydrogen) atoms. The van der Waals surface area contributed by atoms with E-state index in [1.807, 2.05) is 11.8 Å². The van der Waals surface area contributed by atoms with E-state index in [4.69, 9.17) is 0 Å².